The Hall–Kier alpha value is -0.930. The number of hydrogen-bond acceptors (Lipinski definition) is 3. The van der Waals surface area contributed by atoms with Crippen LogP contribution in [0.15, 0.2) is 24.5 Å². The van der Waals surface area contributed by atoms with Gasteiger partial charge in [-0.25, -0.2) is 0 Å². The second-order valence-corrected chi connectivity index (χ2v) is 3.36. The summed E-state index contributed by atoms with van der Waals surface area (Å²) >= 11 is 0. The van der Waals surface area contributed by atoms with Crippen molar-refractivity contribution in [3.8, 4) is 0 Å². The van der Waals surface area contributed by atoms with E-state index in [9.17, 15) is 0 Å². The molecule has 14 heavy (non-hydrogen) atoms. The number of aromatic nitrogens is 1. The molecule has 1 N–H and O–H groups in total. The summed E-state index contributed by atoms with van der Waals surface area (Å²) in [5.74, 6) is 0. The van der Waals surface area contributed by atoms with E-state index >= 15 is 0 Å². The fourth-order valence-electron chi connectivity index (χ4n) is 1.17. The van der Waals surface area contributed by atoms with Gasteiger partial charge in [0, 0.05) is 26.0 Å². The molecular weight excluding hydrogens is 176 g/mol. The lowest BCUT2D eigenvalue weighted by Crippen LogP contribution is -2.27. The highest BCUT2D eigenvalue weighted by Crippen LogP contribution is 1.95. The third kappa shape index (κ3) is 4.35. The van der Waals surface area contributed by atoms with E-state index in [-0.39, 0.29) is 6.10 Å². The first-order chi connectivity index (χ1) is 6.83. The average molecular weight is 194 g/mol. The molecule has 1 aromatic heterocycles. The molecule has 0 aliphatic heterocycles. The van der Waals surface area contributed by atoms with Gasteiger partial charge >= 0.3 is 0 Å². The van der Waals surface area contributed by atoms with Crippen molar-refractivity contribution in [1.29, 1.82) is 0 Å². The van der Waals surface area contributed by atoms with Crippen LogP contribution in [0.3, 0.4) is 0 Å². The standard InChI is InChI=1S/C11H18N2O/c1-10(14-2)8-13-7-5-11-4-3-6-12-9-11/h3-4,6,9-10,13H,5,7-8H2,1-2H3. The summed E-state index contributed by atoms with van der Waals surface area (Å²) in [5.41, 5.74) is 1.27. The van der Waals surface area contributed by atoms with Crippen LogP contribution in [0.5, 0.6) is 0 Å². The van der Waals surface area contributed by atoms with Crippen LogP contribution in [0.25, 0.3) is 0 Å². The topological polar surface area (TPSA) is 34.1 Å². The molecule has 1 rings (SSSR count). The maximum Gasteiger partial charge on any atom is 0.0667 e. The van der Waals surface area contributed by atoms with Crippen LogP contribution in [0.1, 0.15) is 12.5 Å². The van der Waals surface area contributed by atoms with E-state index in [1.165, 1.54) is 5.56 Å². The van der Waals surface area contributed by atoms with Gasteiger partial charge in [-0.3, -0.25) is 4.98 Å². The summed E-state index contributed by atoms with van der Waals surface area (Å²) < 4.78 is 5.13. The number of methoxy groups -OCH3 is 1. The second kappa shape index (κ2) is 6.51. The molecule has 0 amide bonds. The summed E-state index contributed by atoms with van der Waals surface area (Å²) in [6.07, 6.45) is 5.00. The molecule has 0 aliphatic rings. The fraction of sp³-hybridized carbons (Fsp3) is 0.545. The molecule has 1 atom stereocenters. The van der Waals surface area contributed by atoms with Crippen molar-refractivity contribution in [1.82, 2.24) is 10.3 Å². The molecule has 1 aromatic rings. The summed E-state index contributed by atoms with van der Waals surface area (Å²) in [5, 5.41) is 3.33. The Bertz CT molecular complexity index is 238. The van der Waals surface area contributed by atoms with E-state index in [1.54, 1.807) is 13.3 Å². The number of nitrogens with zero attached hydrogens (tertiary/aromatic N) is 1. The van der Waals surface area contributed by atoms with Gasteiger partial charge in [0.1, 0.15) is 0 Å². The van der Waals surface area contributed by atoms with E-state index in [2.05, 4.69) is 23.3 Å². The van der Waals surface area contributed by atoms with Crippen molar-refractivity contribution in [2.75, 3.05) is 20.2 Å². The molecule has 1 unspecified atom stereocenters. The van der Waals surface area contributed by atoms with Gasteiger partial charge in [0.05, 0.1) is 6.10 Å². The largest absolute Gasteiger partial charge is 0.380 e. The lowest BCUT2D eigenvalue weighted by molar-refractivity contribution is 0.117. The summed E-state index contributed by atoms with van der Waals surface area (Å²) in [4.78, 5) is 4.06. The monoisotopic (exact) mass is 194 g/mol. The molecule has 0 saturated carbocycles. The van der Waals surface area contributed by atoms with Gasteiger partial charge in [0.2, 0.25) is 0 Å². The Morgan fingerprint density at radius 1 is 1.57 bits per heavy atom. The van der Waals surface area contributed by atoms with E-state index in [0.717, 1.165) is 19.5 Å². The van der Waals surface area contributed by atoms with Crippen molar-refractivity contribution in [3.05, 3.63) is 30.1 Å². The molecule has 3 nitrogen and oxygen atoms in total. The Morgan fingerprint density at radius 2 is 2.43 bits per heavy atom. The average Bonchev–Trinajstić information content (AvgIpc) is 2.25. The number of hydrogen-bond donors (Lipinski definition) is 1. The van der Waals surface area contributed by atoms with E-state index in [4.69, 9.17) is 4.74 Å². The quantitative estimate of drug-likeness (QED) is 0.692. The van der Waals surface area contributed by atoms with Crippen LogP contribution in [-0.4, -0.2) is 31.3 Å². The first-order valence-electron chi connectivity index (χ1n) is 4.95. The normalized spacial score (nSPS) is 12.7. The van der Waals surface area contributed by atoms with E-state index in [0.29, 0.717) is 0 Å². The first kappa shape index (κ1) is 11.1. The van der Waals surface area contributed by atoms with Crippen LogP contribution in [-0.2, 0) is 11.2 Å². The molecular formula is C11H18N2O. The number of rotatable bonds is 6. The molecule has 0 radical (unpaired) electrons. The second-order valence-electron chi connectivity index (χ2n) is 3.36. The minimum absolute atomic E-state index is 0.281. The summed E-state index contributed by atoms with van der Waals surface area (Å²) in [6, 6.07) is 4.06. The molecule has 0 fully saturated rings. The van der Waals surface area contributed by atoms with Crippen molar-refractivity contribution < 1.29 is 4.74 Å². The van der Waals surface area contributed by atoms with Gasteiger partial charge < -0.3 is 10.1 Å². The van der Waals surface area contributed by atoms with Crippen molar-refractivity contribution in [2.45, 2.75) is 19.4 Å². The third-order valence-electron chi connectivity index (χ3n) is 2.15. The first-order valence-corrected chi connectivity index (χ1v) is 4.95. The Labute approximate surface area is 85.5 Å². The predicted molar refractivity (Wildman–Crippen MR) is 57.3 cm³/mol. The molecule has 0 spiro atoms. The van der Waals surface area contributed by atoms with E-state index < -0.39 is 0 Å². The van der Waals surface area contributed by atoms with Crippen molar-refractivity contribution >= 4 is 0 Å². The number of ether oxygens (including phenoxy) is 1. The minimum atomic E-state index is 0.281. The lowest BCUT2D eigenvalue weighted by Gasteiger charge is -2.10. The van der Waals surface area contributed by atoms with Crippen molar-refractivity contribution in [3.63, 3.8) is 0 Å². The molecule has 1 heterocycles. The predicted octanol–water partition coefficient (Wildman–Crippen LogP) is 1.25. The highest BCUT2D eigenvalue weighted by atomic mass is 16.5. The van der Waals surface area contributed by atoms with Crippen LogP contribution >= 0.6 is 0 Å². The van der Waals surface area contributed by atoms with Gasteiger partial charge in [-0.1, -0.05) is 6.07 Å². The smallest absolute Gasteiger partial charge is 0.0667 e. The van der Waals surface area contributed by atoms with Crippen LogP contribution < -0.4 is 5.32 Å². The fourth-order valence-corrected chi connectivity index (χ4v) is 1.17. The molecule has 78 valence electrons. The minimum Gasteiger partial charge on any atom is -0.380 e. The van der Waals surface area contributed by atoms with Crippen molar-refractivity contribution in [2.24, 2.45) is 0 Å². The highest BCUT2D eigenvalue weighted by Gasteiger charge is 1.97. The van der Waals surface area contributed by atoms with E-state index in [1.807, 2.05) is 12.3 Å². The van der Waals surface area contributed by atoms with Gasteiger partial charge in [-0.05, 0) is 31.5 Å². The van der Waals surface area contributed by atoms with Gasteiger partial charge in [0.25, 0.3) is 0 Å². The summed E-state index contributed by atoms with van der Waals surface area (Å²) in [6.45, 7) is 3.92. The molecule has 0 aromatic carbocycles. The van der Waals surface area contributed by atoms with Crippen LogP contribution in [0, 0.1) is 0 Å². The van der Waals surface area contributed by atoms with Crippen LogP contribution in [0.4, 0.5) is 0 Å². The number of pyridine rings is 1. The molecule has 0 saturated heterocycles. The zero-order valence-electron chi connectivity index (χ0n) is 8.86. The van der Waals surface area contributed by atoms with Gasteiger partial charge in [-0.15, -0.1) is 0 Å². The third-order valence-corrected chi connectivity index (χ3v) is 2.15. The van der Waals surface area contributed by atoms with Gasteiger partial charge in [-0.2, -0.15) is 0 Å². The molecule has 0 bridgehead atoms. The lowest BCUT2D eigenvalue weighted by atomic mass is 10.2. The number of nitrogens with one attached hydrogen (secondary N) is 1. The Balaban J connectivity index is 2.10. The SMILES string of the molecule is COC(C)CNCCc1cccnc1. The highest BCUT2D eigenvalue weighted by molar-refractivity contribution is 5.08. The Morgan fingerprint density at radius 3 is 3.07 bits per heavy atom. The summed E-state index contributed by atoms with van der Waals surface area (Å²) in [7, 11) is 1.73. The molecule has 0 aliphatic carbocycles. The zero-order chi connectivity index (χ0) is 10.2. The Kier molecular flexibility index (Phi) is 5.19. The van der Waals surface area contributed by atoms with Crippen LogP contribution in [0.2, 0.25) is 0 Å². The maximum atomic E-state index is 5.13. The zero-order valence-corrected chi connectivity index (χ0v) is 8.86. The van der Waals surface area contributed by atoms with Gasteiger partial charge in [0.15, 0.2) is 0 Å². The molecule has 3 heteroatoms. The maximum absolute atomic E-state index is 5.13.